The number of allylic oxidation sites excluding steroid dienone is 1. The molecule has 0 spiro atoms. The number of carboxylic acid groups (broad SMARTS) is 1. The molecule has 6 rings (SSSR count). The van der Waals surface area contributed by atoms with Crippen molar-refractivity contribution in [3.63, 3.8) is 0 Å². The van der Waals surface area contributed by atoms with Crippen LogP contribution < -0.4 is 10.6 Å². The molecule has 0 aromatic heterocycles. The number of carboxylic acids is 1. The summed E-state index contributed by atoms with van der Waals surface area (Å²) < 4.78 is 5.57. The second kappa shape index (κ2) is 19.4. The Morgan fingerprint density at radius 1 is 0.891 bits per heavy atom. The summed E-state index contributed by atoms with van der Waals surface area (Å²) in [5, 5.41) is 16.2. The van der Waals surface area contributed by atoms with E-state index in [2.05, 4.69) is 27.5 Å². The molecule has 0 bridgehead atoms. The zero-order valence-corrected chi connectivity index (χ0v) is 32.7. The molecule has 4 aliphatic rings. The number of nitrogens with one attached hydrogen (secondary N) is 2. The summed E-state index contributed by atoms with van der Waals surface area (Å²) in [5.41, 5.74) is 3.45. The lowest BCUT2D eigenvalue weighted by atomic mass is 9.88. The van der Waals surface area contributed by atoms with Gasteiger partial charge in [-0.2, -0.15) is 0 Å². The molecule has 4 fully saturated rings. The number of benzene rings is 2. The molecule has 3 aliphatic heterocycles. The number of ether oxygens (including phenoxy) is 1. The Morgan fingerprint density at radius 2 is 1.55 bits per heavy atom. The molecule has 16 heteroatoms. The van der Waals surface area contributed by atoms with Crippen LogP contribution in [0.2, 0.25) is 10.0 Å². The number of piperazine rings is 1. The van der Waals surface area contributed by atoms with Crippen molar-refractivity contribution in [3.05, 3.63) is 80.3 Å². The normalized spacial score (nSPS) is 20.3. The molecule has 3 saturated heterocycles. The van der Waals surface area contributed by atoms with Crippen molar-refractivity contribution in [3.8, 4) is 0 Å². The first-order valence-electron chi connectivity index (χ1n) is 18.5. The molecule has 2 aromatic rings. The van der Waals surface area contributed by atoms with Crippen molar-refractivity contribution in [1.29, 1.82) is 0 Å². The predicted molar refractivity (Wildman–Crippen MR) is 205 cm³/mol. The monoisotopic (exact) mass is 798 g/mol. The smallest absolute Gasteiger partial charge is 0.341 e. The number of hydrogen-bond acceptors (Lipinski definition) is 9. The lowest BCUT2D eigenvalue weighted by Gasteiger charge is -2.43. The minimum Gasteiger partial charge on any atom is -0.481 e. The van der Waals surface area contributed by atoms with Crippen molar-refractivity contribution >= 4 is 58.8 Å². The number of esters is 1. The minimum absolute atomic E-state index is 0.0567. The van der Waals surface area contributed by atoms with Gasteiger partial charge in [0.2, 0.25) is 11.8 Å². The van der Waals surface area contributed by atoms with Crippen LogP contribution in [0.15, 0.2) is 53.6 Å². The summed E-state index contributed by atoms with van der Waals surface area (Å²) in [4.78, 5) is 80.8. The van der Waals surface area contributed by atoms with Crippen LogP contribution in [0.25, 0.3) is 0 Å². The Kier molecular flexibility index (Phi) is 14.7. The quantitative estimate of drug-likeness (QED) is 0.237. The van der Waals surface area contributed by atoms with Crippen LogP contribution >= 0.6 is 23.2 Å². The highest BCUT2D eigenvalue weighted by molar-refractivity contribution is 6.39. The number of carbonyl (C=O) groups is 6. The largest absolute Gasteiger partial charge is 0.481 e. The van der Waals surface area contributed by atoms with Crippen molar-refractivity contribution in [2.24, 2.45) is 0 Å². The number of hydrazine groups is 1. The summed E-state index contributed by atoms with van der Waals surface area (Å²) in [6.45, 7) is 6.26. The van der Waals surface area contributed by atoms with E-state index in [0.717, 1.165) is 75.6 Å². The van der Waals surface area contributed by atoms with E-state index in [1.807, 2.05) is 12.1 Å². The number of carbonyl (C=O) groups excluding carboxylic acids is 5. The topological polar surface area (TPSA) is 169 Å². The standard InChI is InChI=1S/C37H44Cl2N6O6.C2H4O2/c1-42-17-19-43(20-18-42)22-24-10-12-26(13-11-24)34(47)41-30-14-15-32(46)44-16-4-9-31(45(44)36(30)49)35(48)40-21-27(25-5-2-6-25)23-51-37(50)33-28(38)7-3-8-29(33)39;1-2(3)4/h3,7-8,10-13,30-31H,2,4-6,9,14-23H2,1H3,(H,40,48)(H,41,47);1H3,(H,3,4)/t30-,31-;/m0./s1. The number of rotatable bonds is 10. The summed E-state index contributed by atoms with van der Waals surface area (Å²) in [6, 6.07) is 10.2. The fourth-order valence-corrected chi connectivity index (χ4v) is 7.44. The van der Waals surface area contributed by atoms with Gasteiger partial charge in [0, 0.05) is 64.7 Å². The highest BCUT2D eigenvalue weighted by Crippen LogP contribution is 2.30. The van der Waals surface area contributed by atoms with Crippen LogP contribution in [0.1, 0.15) is 78.1 Å². The molecule has 1 saturated carbocycles. The van der Waals surface area contributed by atoms with Gasteiger partial charge in [0.1, 0.15) is 18.7 Å². The number of aliphatic carboxylic acids is 1. The molecule has 3 N–H and O–H groups in total. The Labute approximate surface area is 330 Å². The van der Waals surface area contributed by atoms with E-state index in [-0.39, 0.29) is 47.5 Å². The van der Waals surface area contributed by atoms with E-state index >= 15 is 0 Å². The van der Waals surface area contributed by atoms with Crippen molar-refractivity contribution in [2.75, 3.05) is 52.9 Å². The molecule has 0 unspecified atom stereocenters. The molecule has 1 aliphatic carbocycles. The molecule has 4 amide bonds. The zero-order chi connectivity index (χ0) is 39.6. The summed E-state index contributed by atoms with van der Waals surface area (Å²) in [5.74, 6) is -3.11. The van der Waals surface area contributed by atoms with E-state index in [9.17, 15) is 24.0 Å². The molecule has 0 radical (unpaired) electrons. The number of likely N-dealkylation sites (N-methyl/N-ethyl adjacent to an activating group) is 1. The molecule has 55 heavy (non-hydrogen) atoms. The van der Waals surface area contributed by atoms with Crippen LogP contribution in [0.5, 0.6) is 0 Å². The number of nitrogens with zero attached hydrogens (tertiary/aromatic N) is 4. The first-order valence-corrected chi connectivity index (χ1v) is 19.3. The number of hydrogen-bond donors (Lipinski definition) is 3. The highest BCUT2D eigenvalue weighted by Gasteiger charge is 2.44. The number of halogens is 2. The lowest BCUT2D eigenvalue weighted by molar-refractivity contribution is -0.175. The Balaban J connectivity index is 0.00000138. The zero-order valence-electron chi connectivity index (χ0n) is 31.2. The van der Waals surface area contributed by atoms with Gasteiger partial charge in [-0.3, -0.25) is 33.9 Å². The van der Waals surface area contributed by atoms with Gasteiger partial charge in [0.05, 0.1) is 15.6 Å². The van der Waals surface area contributed by atoms with Crippen LogP contribution in [0.4, 0.5) is 0 Å². The molecule has 14 nitrogen and oxygen atoms in total. The molecular formula is C39H48Cl2N6O8. The van der Waals surface area contributed by atoms with Crippen LogP contribution in [-0.4, -0.2) is 125 Å². The number of fused-ring (bicyclic) bond motifs is 1. The van der Waals surface area contributed by atoms with E-state index < -0.39 is 41.7 Å². The van der Waals surface area contributed by atoms with Gasteiger partial charge in [0.15, 0.2) is 0 Å². The molecule has 2 aromatic carbocycles. The minimum atomic E-state index is -0.978. The summed E-state index contributed by atoms with van der Waals surface area (Å²) in [6.07, 6.45) is 3.72. The summed E-state index contributed by atoms with van der Waals surface area (Å²) >= 11 is 12.4. The van der Waals surface area contributed by atoms with E-state index in [4.69, 9.17) is 37.8 Å². The third kappa shape index (κ3) is 11.1. The van der Waals surface area contributed by atoms with Gasteiger partial charge in [-0.25, -0.2) is 9.80 Å². The second-order valence-corrected chi connectivity index (χ2v) is 15.0. The maximum absolute atomic E-state index is 14.0. The maximum atomic E-state index is 14.0. The maximum Gasteiger partial charge on any atom is 0.341 e. The van der Waals surface area contributed by atoms with Crippen LogP contribution in [-0.2, 0) is 30.5 Å². The fourth-order valence-electron chi connectivity index (χ4n) is 6.89. The van der Waals surface area contributed by atoms with Gasteiger partial charge < -0.3 is 25.4 Å². The van der Waals surface area contributed by atoms with Crippen molar-refractivity contribution in [2.45, 2.75) is 70.5 Å². The second-order valence-electron chi connectivity index (χ2n) is 14.2. The Hall–Kier alpha value is -4.50. The van der Waals surface area contributed by atoms with Gasteiger partial charge in [-0.1, -0.05) is 47.0 Å². The average Bonchev–Trinajstić information content (AvgIpc) is 3.24. The Bertz CT molecular complexity index is 1770. The third-order valence-corrected chi connectivity index (χ3v) is 10.8. The van der Waals surface area contributed by atoms with Gasteiger partial charge in [-0.05, 0) is 81.0 Å². The molecule has 3 heterocycles. The van der Waals surface area contributed by atoms with E-state index in [1.165, 1.54) is 10.0 Å². The fraction of sp³-hybridized carbons (Fsp3) is 0.487. The first kappa shape index (κ1) is 41.7. The third-order valence-electron chi connectivity index (χ3n) is 10.2. The molecular weight excluding hydrogens is 751 g/mol. The SMILES string of the molecule is CC(=O)O.CN1CCN(Cc2ccc(C(=O)N[C@H]3CCC(=O)N4CCC[C@@H](C(=O)NCC(COC(=O)c5c(Cl)cccc5Cl)=C5CCC5)N4C3=O)cc2)CC1. The predicted octanol–water partition coefficient (Wildman–Crippen LogP) is 3.91. The molecule has 2 atom stereocenters. The summed E-state index contributed by atoms with van der Waals surface area (Å²) in [7, 11) is 2.12. The van der Waals surface area contributed by atoms with E-state index in [1.54, 1.807) is 30.3 Å². The first-order chi connectivity index (χ1) is 26.3. The van der Waals surface area contributed by atoms with Gasteiger partial charge >= 0.3 is 5.97 Å². The van der Waals surface area contributed by atoms with Gasteiger partial charge in [-0.15, -0.1) is 0 Å². The van der Waals surface area contributed by atoms with Crippen LogP contribution in [0, 0.1) is 0 Å². The van der Waals surface area contributed by atoms with Crippen molar-refractivity contribution in [1.82, 2.24) is 30.5 Å². The highest BCUT2D eigenvalue weighted by atomic mass is 35.5. The number of amides is 4. The molecule has 296 valence electrons. The average molecular weight is 800 g/mol. The van der Waals surface area contributed by atoms with E-state index in [0.29, 0.717) is 24.9 Å². The van der Waals surface area contributed by atoms with Crippen LogP contribution in [0.3, 0.4) is 0 Å². The van der Waals surface area contributed by atoms with Crippen molar-refractivity contribution < 1.29 is 38.6 Å². The van der Waals surface area contributed by atoms with Gasteiger partial charge in [0.25, 0.3) is 17.8 Å². The Morgan fingerprint density at radius 3 is 2.16 bits per heavy atom. The lowest BCUT2D eigenvalue weighted by Crippen LogP contribution is -2.63.